The highest BCUT2D eigenvalue weighted by Gasteiger charge is 2.30. The van der Waals surface area contributed by atoms with Gasteiger partial charge in [0.15, 0.2) is 0 Å². The predicted octanol–water partition coefficient (Wildman–Crippen LogP) is 4.80. The molecule has 0 saturated heterocycles. The van der Waals surface area contributed by atoms with Gasteiger partial charge >= 0.3 is 12.1 Å². The maximum atomic E-state index is 12.5. The average Bonchev–Trinajstić information content (AvgIpc) is 3.13. The van der Waals surface area contributed by atoms with Gasteiger partial charge in [-0.3, -0.25) is 9.59 Å². The molecule has 0 fully saturated rings. The molecular formula is C28H36N2O5. The smallest absolute Gasteiger partial charge is 0.407 e. The van der Waals surface area contributed by atoms with Crippen molar-refractivity contribution in [3.8, 4) is 11.1 Å². The second-order valence-electron chi connectivity index (χ2n) is 9.65. The molecule has 2 amide bonds. The average molecular weight is 481 g/mol. The Morgan fingerprint density at radius 2 is 1.54 bits per heavy atom. The van der Waals surface area contributed by atoms with Crippen LogP contribution < -0.4 is 10.6 Å². The summed E-state index contributed by atoms with van der Waals surface area (Å²) in [5, 5.41) is 15.0. The third kappa shape index (κ3) is 6.41. The lowest BCUT2D eigenvalue weighted by atomic mass is 9.89. The van der Waals surface area contributed by atoms with Crippen molar-refractivity contribution in [3.05, 3.63) is 59.7 Å². The molecular weight excluding hydrogens is 444 g/mol. The molecule has 188 valence electrons. The summed E-state index contributed by atoms with van der Waals surface area (Å²) in [6.07, 6.45) is 0.386. The number of carboxylic acid groups (broad SMARTS) is 1. The molecule has 35 heavy (non-hydrogen) atoms. The maximum absolute atomic E-state index is 12.5. The van der Waals surface area contributed by atoms with Crippen molar-refractivity contribution in [2.75, 3.05) is 13.2 Å². The number of alkyl carbamates (subject to hydrolysis) is 1. The van der Waals surface area contributed by atoms with Crippen LogP contribution in [0.4, 0.5) is 4.79 Å². The minimum atomic E-state index is -0.920. The van der Waals surface area contributed by atoms with E-state index in [1.54, 1.807) is 6.92 Å². The lowest BCUT2D eigenvalue weighted by molar-refractivity contribution is -0.144. The number of rotatable bonds is 11. The van der Waals surface area contributed by atoms with Crippen LogP contribution in [-0.2, 0) is 14.3 Å². The largest absolute Gasteiger partial charge is 0.481 e. The van der Waals surface area contributed by atoms with Gasteiger partial charge in [-0.15, -0.1) is 0 Å². The maximum Gasteiger partial charge on any atom is 0.407 e. The van der Waals surface area contributed by atoms with E-state index in [0.29, 0.717) is 13.0 Å². The Bertz CT molecular complexity index is 1010. The van der Waals surface area contributed by atoms with Crippen molar-refractivity contribution in [1.29, 1.82) is 0 Å². The van der Waals surface area contributed by atoms with E-state index in [2.05, 4.69) is 34.9 Å². The minimum absolute atomic E-state index is 0.00877. The van der Waals surface area contributed by atoms with Crippen molar-refractivity contribution < 1.29 is 24.2 Å². The highest BCUT2D eigenvalue weighted by atomic mass is 16.5. The molecule has 7 nitrogen and oxygen atoms in total. The third-order valence-corrected chi connectivity index (χ3v) is 6.86. The third-order valence-electron chi connectivity index (χ3n) is 6.86. The van der Waals surface area contributed by atoms with Gasteiger partial charge in [0.05, 0.1) is 5.92 Å². The summed E-state index contributed by atoms with van der Waals surface area (Å²) in [6, 6.07) is 15.9. The van der Waals surface area contributed by atoms with E-state index in [9.17, 15) is 19.5 Å². The zero-order chi connectivity index (χ0) is 25.5. The first kappa shape index (κ1) is 26.3. The Kier molecular flexibility index (Phi) is 8.90. The number of aliphatic carboxylic acids is 1. The van der Waals surface area contributed by atoms with E-state index >= 15 is 0 Å². The molecule has 1 aliphatic rings. The Morgan fingerprint density at radius 1 is 0.971 bits per heavy atom. The fourth-order valence-electron chi connectivity index (χ4n) is 4.98. The summed E-state index contributed by atoms with van der Waals surface area (Å²) in [4.78, 5) is 36.5. The lowest BCUT2D eigenvalue weighted by Crippen LogP contribution is -2.44. The highest BCUT2D eigenvalue weighted by Crippen LogP contribution is 2.44. The highest BCUT2D eigenvalue weighted by molar-refractivity contribution is 5.79. The van der Waals surface area contributed by atoms with Crippen molar-refractivity contribution in [3.63, 3.8) is 0 Å². The van der Waals surface area contributed by atoms with Crippen LogP contribution in [0, 0.1) is 17.8 Å². The van der Waals surface area contributed by atoms with Gasteiger partial charge in [0.25, 0.3) is 0 Å². The van der Waals surface area contributed by atoms with Crippen LogP contribution in [0.5, 0.6) is 0 Å². The summed E-state index contributed by atoms with van der Waals surface area (Å²) in [5.41, 5.74) is 4.65. The van der Waals surface area contributed by atoms with Crippen LogP contribution in [0.3, 0.4) is 0 Å². The first-order chi connectivity index (χ1) is 16.7. The second-order valence-corrected chi connectivity index (χ2v) is 9.65. The van der Waals surface area contributed by atoms with Gasteiger partial charge in [0, 0.05) is 24.9 Å². The number of carbonyl (C=O) groups is 3. The van der Waals surface area contributed by atoms with Crippen LogP contribution in [0.25, 0.3) is 11.1 Å². The topological polar surface area (TPSA) is 105 Å². The van der Waals surface area contributed by atoms with E-state index in [0.717, 1.165) is 11.1 Å². The molecule has 0 aliphatic heterocycles. The summed E-state index contributed by atoms with van der Waals surface area (Å²) in [7, 11) is 0. The molecule has 0 aromatic heterocycles. The summed E-state index contributed by atoms with van der Waals surface area (Å²) < 4.78 is 5.57. The molecule has 0 radical (unpaired) electrons. The summed E-state index contributed by atoms with van der Waals surface area (Å²) in [6.45, 7) is 7.87. The molecule has 3 atom stereocenters. The normalized spacial score (nSPS) is 15.0. The summed E-state index contributed by atoms with van der Waals surface area (Å²) >= 11 is 0. The molecule has 1 aliphatic carbocycles. The molecule has 3 unspecified atom stereocenters. The fraction of sp³-hybridized carbons (Fsp3) is 0.464. The molecule has 7 heteroatoms. The number of fused-ring (bicyclic) bond motifs is 3. The first-order valence-corrected chi connectivity index (χ1v) is 12.3. The zero-order valence-corrected chi connectivity index (χ0v) is 20.9. The van der Waals surface area contributed by atoms with Crippen LogP contribution in [0.2, 0.25) is 0 Å². The second kappa shape index (κ2) is 11.9. The van der Waals surface area contributed by atoms with Gasteiger partial charge in [0.1, 0.15) is 6.61 Å². The van der Waals surface area contributed by atoms with E-state index in [1.807, 2.05) is 45.0 Å². The van der Waals surface area contributed by atoms with Gasteiger partial charge in [-0.2, -0.15) is 0 Å². The van der Waals surface area contributed by atoms with Crippen molar-refractivity contribution in [2.24, 2.45) is 17.8 Å². The van der Waals surface area contributed by atoms with Crippen molar-refractivity contribution in [2.45, 2.75) is 52.5 Å². The molecule has 3 rings (SSSR count). The monoisotopic (exact) mass is 480 g/mol. The molecule has 0 bridgehead atoms. The van der Waals surface area contributed by atoms with Crippen LogP contribution >= 0.6 is 0 Å². The quantitative estimate of drug-likeness (QED) is 0.428. The molecule has 0 spiro atoms. The van der Waals surface area contributed by atoms with Gasteiger partial charge in [-0.05, 0) is 41.0 Å². The number of hydrogen-bond donors (Lipinski definition) is 3. The van der Waals surface area contributed by atoms with Crippen molar-refractivity contribution >= 4 is 18.0 Å². The number of ether oxygens (including phenoxy) is 1. The lowest BCUT2D eigenvalue weighted by Gasteiger charge is -2.25. The molecule has 2 aromatic rings. The number of hydrogen-bond acceptors (Lipinski definition) is 4. The Labute approximate surface area is 207 Å². The van der Waals surface area contributed by atoms with E-state index < -0.39 is 24.0 Å². The molecule has 0 saturated carbocycles. The van der Waals surface area contributed by atoms with Crippen molar-refractivity contribution in [1.82, 2.24) is 10.6 Å². The van der Waals surface area contributed by atoms with Crippen LogP contribution in [0.1, 0.15) is 57.6 Å². The number of carbonyl (C=O) groups excluding carboxylic acids is 2. The van der Waals surface area contributed by atoms with E-state index in [1.165, 1.54) is 11.1 Å². The number of carboxylic acids is 1. The Hall–Kier alpha value is -3.35. The molecule has 0 heterocycles. The van der Waals surface area contributed by atoms with Crippen LogP contribution in [-0.4, -0.2) is 42.3 Å². The SMILES string of the molecule is CCC(CNC(=O)OCC1c2ccccc2-c2ccccc21)CC(=O)NC(C)C(C(=O)O)C(C)C. The van der Waals surface area contributed by atoms with Crippen LogP contribution in [0.15, 0.2) is 48.5 Å². The van der Waals surface area contributed by atoms with E-state index in [-0.39, 0.29) is 36.7 Å². The zero-order valence-electron chi connectivity index (χ0n) is 20.9. The van der Waals surface area contributed by atoms with Gasteiger partial charge < -0.3 is 20.5 Å². The summed E-state index contributed by atoms with van der Waals surface area (Å²) in [5.74, 6) is -1.98. The van der Waals surface area contributed by atoms with E-state index in [4.69, 9.17) is 4.74 Å². The number of benzene rings is 2. The first-order valence-electron chi connectivity index (χ1n) is 12.3. The molecule has 3 N–H and O–H groups in total. The fourth-order valence-corrected chi connectivity index (χ4v) is 4.98. The standard InChI is InChI=1S/C28H36N2O5/c1-5-19(14-25(31)30-18(4)26(17(2)3)27(32)33)15-29-28(34)35-16-24-22-12-8-6-10-20(22)21-11-7-9-13-23(21)24/h6-13,17-19,24,26H,5,14-16H2,1-4H3,(H,29,34)(H,30,31)(H,32,33). The Morgan fingerprint density at radius 3 is 2.06 bits per heavy atom. The predicted molar refractivity (Wildman–Crippen MR) is 135 cm³/mol. The number of nitrogens with one attached hydrogen (secondary N) is 2. The van der Waals surface area contributed by atoms with Gasteiger partial charge in [-0.1, -0.05) is 75.7 Å². The Balaban J connectivity index is 1.49. The minimum Gasteiger partial charge on any atom is -0.481 e. The van der Waals surface area contributed by atoms with Gasteiger partial charge in [0.2, 0.25) is 5.91 Å². The van der Waals surface area contributed by atoms with Gasteiger partial charge in [-0.25, -0.2) is 4.79 Å². The molecule has 2 aromatic carbocycles. The number of amides is 2.